The fraction of sp³-hybridized carbons (Fsp3) is 0.259. The van der Waals surface area contributed by atoms with E-state index in [4.69, 9.17) is 4.98 Å². The minimum Gasteiger partial charge on any atom is -0.327 e. The highest BCUT2D eigenvalue weighted by atomic mass is 16.2. The topological polar surface area (TPSA) is 69.6 Å². The average Bonchev–Trinajstić information content (AvgIpc) is 2.87. The fourth-order valence-electron chi connectivity index (χ4n) is 5.02. The Hall–Kier alpha value is -3.84. The van der Waals surface area contributed by atoms with Crippen LogP contribution in [0.4, 0.5) is 0 Å². The molecular weight excluding hydrogens is 426 g/mol. The predicted octanol–water partition coefficient (Wildman–Crippen LogP) is 2.84. The number of amides is 2. The number of aromatic nitrogens is 2. The number of pyridine rings is 2. The van der Waals surface area contributed by atoms with Gasteiger partial charge in [-0.25, -0.2) is 0 Å². The van der Waals surface area contributed by atoms with E-state index in [-0.39, 0.29) is 18.4 Å². The highest BCUT2D eigenvalue weighted by Gasteiger charge is 2.42. The van der Waals surface area contributed by atoms with E-state index in [1.807, 2.05) is 60.8 Å². The molecule has 0 spiro atoms. The highest BCUT2D eigenvalue weighted by Crippen LogP contribution is 2.22. The molecule has 170 valence electrons. The Labute approximate surface area is 197 Å². The number of para-hydroxylation sites is 2. The van der Waals surface area contributed by atoms with Crippen LogP contribution < -0.4 is 0 Å². The van der Waals surface area contributed by atoms with E-state index in [2.05, 4.69) is 22.0 Å². The van der Waals surface area contributed by atoms with Crippen LogP contribution in [0.15, 0.2) is 72.9 Å². The zero-order valence-corrected chi connectivity index (χ0v) is 18.8. The molecule has 7 nitrogen and oxygen atoms in total. The molecule has 2 saturated heterocycles. The molecule has 7 heteroatoms. The monoisotopic (exact) mass is 451 g/mol. The van der Waals surface area contributed by atoms with E-state index in [0.29, 0.717) is 26.2 Å². The summed E-state index contributed by atoms with van der Waals surface area (Å²) in [5, 5.41) is 2.17. The summed E-state index contributed by atoms with van der Waals surface area (Å²) in [7, 11) is 0. The second-order valence-electron chi connectivity index (χ2n) is 9.06. The van der Waals surface area contributed by atoms with E-state index < -0.39 is 6.04 Å². The first-order chi connectivity index (χ1) is 16.6. The van der Waals surface area contributed by atoms with Gasteiger partial charge in [0.2, 0.25) is 11.8 Å². The van der Waals surface area contributed by atoms with Crippen molar-refractivity contribution in [1.82, 2.24) is 24.7 Å². The number of piperazine rings is 2. The number of rotatable bonds is 4. The van der Waals surface area contributed by atoms with E-state index in [1.54, 1.807) is 9.80 Å². The molecular formula is C27H25N5O2. The van der Waals surface area contributed by atoms with Gasteiger partial charge in [-0.1, -0.05) is 42.5 Å². The van der Waals surface area contributed by atoms with Crippen molar-refractivity contribution in [3.8, 4) is 0 Å². The number of hydrogen-bond acceptors (Lipinski definition) is 5. The van der Waals surface area contributed by atoms with Crippen LogP contribution in [0, 0.1) is 0 Å². The van der Waals surface area contributed by atoms with Crippen LogP contribution in [0.3, 0.4) is 0 Å². The third-order valence-electron chi connectivity index (χ3n) is 6.77. The Kier molecular flexibility index (Phi) is 5.19. The Morgan fingerprint density at radius 1 is 0.853 bits per heavy atom. The van der Waals surface area contributed by atoms with Gasteiger partial charge in [-0.3, -0.25) is 24.5 Å². The van der Waals surface area contributed by atoms with Crippen LogP contribution in [0.25, 0.3) is 21.8 Å². The third-order valence-corrected chi connectivity index (χ3v) is 6.77. The first-order valence-corrected chi connectivity index (χ1v) is 11.6. The number of benzene rings is 2. The van der Waals surface area contributed by atoms with E-state index in [1.165, 1.54) is 0 Å². The Balaban J connectivity index is 1.18. The number of carbonyl (C=O) groups is 2. The van der Waals surface area contributed by atoms with Crippen molar-refractivity contribution in [2.45, 2.75) is 19.1 Å². The van der Waals surface area contributed by atoms with Gasteiger partial charge < -0.3 is 9.80 Å². The maximum Gasteiger partial charge on any atom is 0.247 e. The molecule has 0 aliphatic carbocycles. The molecule has 2 fully saturated rings. The Bertz CT molecular complexity index is 1400. The Morgan fingerprint density at radius 3 is 2.53 bits per heavy atom. The third kappa shape index (κ3) is 3.88. The number of carbonyl (C=O) groups excluding carboxylic acids is 2. The lowest BCUT2D eigenvalue weighted by atomic mass is 10.1. The summed E-state index contributed by atoms with van der Waals surface area (Å²) in [6.45, 7) is 2.99. The van der Waals surface area contributed by atoms with Gasteiger partial charge in [-0.15, -0.1) is 0 Å². The van der Waals surface area contributed by atoms with Gasteiger partial charge in [0, 0.05) is 43.1 Å². The van der Waals surface area contributed by atoms with Gasteiger partial charge in [0.15, 0.2) is 0 Å². The molecule has 2 amide bonds. The van der Waals surface area contributed by atoms with Crippen molar-refractivity contribution in [2.24, 2.45) is 0 Å². The molecule has 0 saturated carbocycles. The van der Waals surface area contributed by atoms with Gasteiger partial charge in [-0.05, 0) is 29.8 Å². The minimum absolute atomic E-state index is 0.00380. The number of nitrogens with zero attached hydrogens (tertiary/aromatic N) is 5. The van der Waals surface area contributed by atoms with Gasteiger partial charge in [0.05, 0.1) is 23.3 Å². The molecule has 0 radical (unpaired) electrons. The Morgan fingerprint density at radius 2 is 1.65 bits per heavy atom. The lowest BCUT2D eigenvalue weighted by Gasteiger charge is -2.46. The van der Waals surface area contributed by atoms with Crippen molar-refractivity contribution in [2.75, 3.05) is 26.2 Å². The van der Waals surface area contributed by atoms with Gasteiger partial charge in [0.1, 0.15) is 12.6 Å². The second kappa shape index (κ2) is 8.50. The largest absolute Gasteiger partial charge is 0.327 e. The molecule has 4 aromatic rings. The molecule has 0 N–H and O–H groups in total. The number of hydrogen-bond donors (Lipinski definition) is 0. The zero-order chi connectivity index (χ0) is 23.1. The van der Waals surface area contributed by atoms with Crippen molar-refractivity contribution in [1.29, 1.82) is 0 Å². The highest BCUT2D eigenvalue weighted by molar-refractivity contribution is 5.95. The van der Waals surface area contributed by atoms with Gasteiger partial charge in [-0.2, -0.15) is 0 Å². The summed E-state index contributed by atoms with van der Waals surface area (Å²) in [5.41, 5.74) is 3.77. The zero-order valence-electron chi connectivity index (χ0n) is 18.8. The van der Waals surface area contributed by atoms with Crippen molar-refractivity contribution in [3.63, 3.8) is 0 Å². The maximum atomic E-state index is 13.4. The minimum atomic E-state index is -0.455. The van der Waals surface area contributed by atoms with E-state index >= 15 is 0 Å². The molecule has 4 heterocycles. The van der Waals surface area contributed by atoms with Gasteiger partial charge >= 0.3 is 0 Å². The molecule has 1 atom stereocenters. The SMILES string of the molecule is O=C1C2CN(Cc3cnc4ccccc4c3)CCN2C(=O)CN1Cc1ccc2ccccc2n1. The summed E-state index contributed by atoms with van der Waals surface area (Å²) in [5.74, 6) is 0.00769. The molecule has 34 heavy (non-hydrogen) atoms. The lowest BCUT2D eigenvalue weighted by molar-refractivity contribution is -0.160. The summed E-state index contributed by atoms with van der Waals surface area (Å²) in [4.78, 5) is 41.2. The normalized spacial score (nSPS) is 19.1. The molecule has 2 aliphatic rings. The first-order valence-electron chi connectivity index (χ1n) is 11.6. The van der Waals surface area contributed by atoms with Crippen molar-refractivity contribution in [3.05, 3.63) is 84.2 Å². The number of fused-ring (bicyclic) bond motifs is 3. The van der Waals surface area contributed by atoms with Crippen LogP contribution in [0.1, 0.15) is 11.3 Å². The lowest BCUT2D eigenvalue weighted by Crippen LogP contribution is -2.66. The summed E-state index contributed by atoms with van der Waals surface area (Å²) < 4.78 is 0. The summed E-state index contributed by atoms with van der Waals surface area (Å²) in [6, 6.07) is 21.6. The van der Waals surface area contributed by atoms with Crippen LogP contribution in [-0.2, 0) is 22.7 Å². The van der Waals surface area contributed by atoms with Crippen molar-refractivity contribution < 1.29 is 9.59 Å². The summed E-state index contributed by atoms with van der Waals surface area (Å²) >= 11 is 0. The average molecular weight is 452 g/mol. The predicted molar refractivity (Wildman–Crippen MR) is 130 cm³/mol. The maximum absolute atomic E-state index is 13.4. The fourth-order valence-corrected chi connectivity index (χ4v) is 5.02. The summed E-state index contributed by atoms with van der Waals surface area (Å²) in [6.07, 6.45) is 1.90. The van der Waals surface area contributed by atoms with E-state index in [9.17, 15) is 9.59 Å². The van der Waals surface area contributed by atoms with Gasteiger partial charge in [0.25, 0.3) is 0 Å². The molecule has 2 aliphatic heterocycles. The van der Waals surface area contributed by atoms with Crippen LogP contribution in [0.5, 0.6) is 0 Å². The van der Waals surface area contributed by atoms with Crippen LogP contribution in [-0.4, -0.2) is 68.7 Å². The second-order valence-corrected chi connectivity index (χ2v) is 9.06. The quantitative estimate of drug-likeness (QED) is 0.477. The molecule has 2 aromatic heterocycles. The van der Waals surface area contributed by atoms with E-state index in [0.717, 1.165) is 39.6 Å². The molecule has 0 bridgehead atoms. The smallest absolute Gasteiger partial charge is 0.247 e. The standard InChI is InChI=1S/C27H25N5O2/c33-26-18-31(16-22-10-9-20-5-1-4-8-24(20)29-22)27(34)25-17-30(11-12-32(25)26)15-19-13-21-6-2-3-7-23(21)28-14-19/h1-10,13-14,25H,11-12,15-18H2. The van der Waals surface area contributed by atoms with Crippen LogP contribution in [0.2, 0.25) is 0 Å². The molecule has 6 rings (SSSR count). The van der Waals surface area contributed by atoms with Crippen LogP contribution >= 0.6 is 0 Å². The molecule has 1 unspecified atom stereocenters. The van der Waals surface area contributed by atoms with Crippen molar-refractivity contribution >= 4 is 33.6 Å². The molecule has 2 aromatic carbocycles. The first kappa shape index (κ1) is 20.7.